The molecule has 0 aromatic heterocycles. The highest BCUT2D eigenvalue weighted by molar-refractivity contribution is 7.47. The second kappa shape index (κ2) is 61.2. The zero-order valence-electron chi connectivity index (χ0n) is 52.6. The van der Waals surface area contributed by atoms with E-state index in [1.165, 1.54) is 0 Å². The van der Waals surface area contributed by atoms with Crippen LogP contribution in [0.2, 0.25) is 0 Å². The molecule has 5 unspecified atom stereocenters. The summed E-state index contributed by atoms with van der Waals surface area (Å²) in [6.45, 7) is 2.09. The van der Waals surface area contributed by atoms with Gasteiger partial charge in [0.2, 0.25) is 0 Å². The van der Waals surface area contributed by atoms with Crippen molar-refractivity contribution in [2.45, 2.75) is 206 Å². The summed E-state index contributed by atoms with van der Waals surface area (Å²) < 4.78 is 60.6. The molecule has 5 atom stereocenters. The van der Waals surface area contributed by atoms with Gasteiger partial charge in [0.25, 0.3) is 0 Å². The van der Waals surface area contributed by atoms with Crippen LogP contribution in [0.15, 0.2) is 170 Å². The molecule has 0 heterocycles. The van der Waals surface area contributed by atoms with Gasteiger partial charge in [-0.2, -0.15) is 0 Å². The molecular formula is C69H108O16P2. The molecule has 18 heteroatoms. The number of carbonyl (C=O) groups excluding carboxylic acids is 3. The highest BCUT2D eigenvalue weighted by Gasteiger charge is 2.29. The second-order valence-corrected chi connectivity index (χ2v) is 23.0. The molecule has 0 saturated heterocycles. The lowest BCUT2D eigenvalue weighted by Gasteiger charge is -2.21. The van der Waals surface area contributed by atoms with Crippen LogP contribution >= 0.6 is 15.6 Å². The summed E-state index contributed by atoms with van der Waals surface area (Å²) in [5, 5.41) is 20.5. The van der Waals surface area contributed by atoms with Gasteiger partial charge in [0.1, 0.15) is 25.4 Å². The van der Waals surface area contributed by atoms with Crippen molar-refractivity contribution < 1.29 is 75.8 Å². The SMILES string of the molecule is CC/C=C\C/C=C\C/C=C\C/C=C\C/C=C\C/C=C\CCC(=O)OCC(O)COP(=O)(O)OCC(O)COP(=O)(O)OCC(COC(=O)CCC/C=C\C/C=C\C/C=C\C/C=C\C/C=C\CC)OC(=O)CCCCCCC/C=C\C/C=C\C/C=C\CC. The van der Waals surface area contributed by atoms with E-state index in [0.717, 1.165) is 116 Å². The Kier molecular flexibility index (Phi) is 57.6. The van der Waals surface area contributed by atoms with E-state index < -0.39 is 91.5 Å². The Labute approximate surface area is 522 Å². The van der Waals surface area contributed by atoms with Crippen molar-refractivity contribution in [3.8, 4) is 0 Å². The van der Waals surface area contributed by atoms with Gasteiger partial charge >= 0.3 is 33.6 Å². The van der Waals surface area contributed by atoms with Crippen LogP contribution in [0.25, 0.3) is 0 Å². The number of ether oxygens (including phenoxy) is 3. The van der Waals surface area contributed by atoms with Gasteiger partial charge in [-0.25, -0.2) is 9.13 Å². The van der Waals surface area contributed by atoms with Crippen LogP contribution in [-0.4, -0.2) is 95.9 Å². The third-order valence-corrected chi connectivity index (χ3v) is 13.8. The first-order valence-electron chi connectivity index (χ1n) is 31.4. The van der Waals surface area contributed by atoms with Crippen molar-refractivity contribution in [1.82, 2.24) is 0 Å². The molecule has 0 spiro atoms. The van der Waals surface area contributed by atoms with Crippen LogP contribution in [0.4, 0.5) is 0 Å². The zero-order valence-corrected chi connectivity index (χ0v) is 54.4. The Hall–Kier alpha value is -5.09. The van der Waals surface area contributed by atoms with Gasteiger partial charge in [0.15, 0.2) is 6.10 Å². The van der Waals surface area contributed by atoms with Crippen LogP contribution in [0.1, 0.15) is 188 Å². The van der Waals surface area contributed by atoms with Crippen LogP contribution in [-0.2, 0) is 55.8 Å². The molecular weight excluding hydrogens is 1150 g/mol. The molecule has 490 valence electrons. The predicted octanol–water partition coefficient (Wildman–Crippen LogP) is 17.0. The largest absolute Gasteiger partial charge is 0.472 e. The molecule has 4 N–H and O–H groups in total. The minimum atomic E-state index is -4.95. The topological polar surface area (TPSA) is 231 Å². The van der Waals surface area contributed by atoms with E-state index in [-0.39, 0.29) is 19.3 Å². The number of carbonyl (C=O) groups is 3. The number of esters is 3. The summed E-state index contributed by atoms with van der Waals surface area (Å²) in [5.74, 6) is -1.77. The second-order valence-electron chi connectivity index (χ2n) is 20.1. The maximum Gasteiger partial charge on any atom is 0.472 e. The molecule has 0 aliphatic carbocycles. The Morgan fingerprint density at radius 2 is 0.609 bits per heavy atom. The Balaban J connectivity index is 4.84. The monoisotopic (exact) mass is 1250 g/mol. The number of aliphatic hydroxyl groups is 2. The molecule has 16 nitrogen and oxygen atoms in total. The number of phosphoric ester groups is 2. The first kappa shape index (κ1) is 81.9. The molecule has 0 aliphatic rings. The predicted molar refractivity (Wildman–Crippen MR) is 352 cm³/mol. The van der Waals surface area contributed by atoms with Gasteiger partial charge in [-0.05, 0) is 128 Å². The van der Waals surface area contributed by atoms with E-state index in [0.29, 0.717) is 32.1 Å². The fraction of sp³-hybridized carbons (Fsp3) is 0.551. The summed E-state index contributed by atoms with van der Waals surface area (Å²) in [5.41, 5.74) is 0. The standard InChI is InChI=1S/C69H108O16P2/c1-4-7-10-13-16-19-22-25-28-30-31-33-36-37-40-43-46-49-52-55-67(72)79-58-64(70)59-81-86(75,76)82-60-65(71)61-83-87(77,78)84-63-66(85-69(74)57-54-51-48-45-42-39-34-27-24-21-18-15-12-9-6-3)62-80-68(73)56-53-50-47-44-41-38-35-32-29-26-23-20-17-14-11-8-5-2/h7-12,16-21,25-29,31,33-35,37-38,40,44,46-47,49,64-66,70-71H,4-6,13-15,22-24,30,32,36,39,41-43,45,48,50-63H2,1-3H3,(H,75,76)(H,77,78)/b10-7-,11-8-,12-9-,19-16-,20-17-,21-18-,28-25-,29-26-,33-31-,34-27-,38-35-,40-37-,47-44-,49-46-. The van der Waals surface area contributed by atoms with Gasteiger partial charge in [0, 0.05) is 19.3 Å². The van der Waals surface area contributed by atoms with E-state index in [4.69, 9.17) is 32.3 Å². The van der Waals surface area contributed by atoms with E-state index in [9.17, 15) is 43.5 Å². The first-order valence-corrected chi connectivity index (χ1v) is 34.4. The van der Waals surface area contributed by atoms with Gasteiger partial charge in [0.05, 0.1) is 26.4 Å². The lowest BCUT2D eigenvalue weighted by molar-refractivity contribution is -0.161. The van der Waals surface area contributed by atoms with Crippen LogP contribution in [0.3, 0.4) is 0 Å². The number of hydrogen-bond donors (Lipinski definition) is 4. The first-order chi connectivity index (χ1) is 42.2. The van der Waals surface area contributed by atoms with E-state index >= 15 is 0 Å². The molecule has 0 radical (unpaired) electrons. The quantitative estimate of drug-likeness (QED) is 0.0146. The molecule has 0 fully saturated rings. The van der Waals surface area contributed by atoms with Gasteiger partial charge in [-0.15, -0.1) is 0 Å². The van der Waals surface area contributed by atoms with Crippen molar-refractivity contribution in [1.29, 1.82) is 0 Å². The highest BCUT2D eigenvalue weighted by atomic mass is 31.2. The molecule has 0 rings (SSSR count). The third kappa shape index (κ3) is 62.3. The lowest BCUT2D eigenvalue weighted by Crippen LogP contribution is -2.30. The normalized spacial score (nSPS) is 15.4. The number of phosphoric acid groups is 2. The number of rotatable bonds is 57. The average molecular weight is 1260 g/mol. The van der Waals surface area contributed by atoms with Crippen molar-refractivity contribution in [3.63, 3.8) is 0 Å². The number of unbranched alkanes of at least 4 members (excludes halogenated alkanes) is 6. The molecule has 0 aliphatic heterocycles. The summed E-state index contributed by atoms with van der Waals surface area (Å²) in [6.07, 6.45) is 74.4. The molecule has 0 aromatic rings. The van der Waals surface area contributed by atoms with E-state index in [1.807, 2.05) is 30.4 Å². The average Bonchev–Trinajstić information content (AvgIpc) is 3.68. The summed E-state index contributed by atoms with van der Waals surface area (Å²) in [4.78, 5) is 58.2. The highest BCUT2D eigenvalue weighted by Crippen LogP contribution is 2.45. The van der Waals surface area contributed by atoms with Gasteiger partial charge in [-0.3, -0.25) is 32.5 Å². The van der Waals surface area contributed by atoms with Crippen molar-refractivity contribution in [2.75, 3.05) is 39.6 Å². The van der Waals surface area contributed by atoms with Crippen molar-refractivity contribution >= 4 is 33.6 Å². The maximum absolute atomic E-state index is 12.9. The number of allylic oxidation sites excluding steroid dienone is 28. The summed E-state index contributed by atoms with van der Waals surface area (Å²) in [6, 6.07) is 0. The summed E-state index contributed by atoms with van der Waals surface area (Å²) in [7, 11) is -9.83. The zero-order chi connectivity index (χ0) is 63.8. The van der Waals surface area contributed by atoms with Crippen LogP contribution in [0, 0.1) is 0 Å². The Morgan fingerprint density at radius 3 is 1.01 bits per heavy atom. The van der Waals surface area contributed by atoms with Gasteiger partial charge in [-0.1, -0.05) is 210 Å². The van der Waals surface area contributed by atoms with E-state index in [2.05, 4.69) is 161 Å². The Bertz CT molecular complexity index is 2270. The molecule has 0 saturated carbocycles. The minimum Gasteiger partial charge on any atom is -0.463 e. The van der Waals surface area contributed by atoms with Crippen molar-refractivity contribution in [2.24, 2.45) is 0 Å². The Morgan fingerprint density at radius 1 is 0.322 bits per heavy atom. The lowest BCUT2D eigenvalue weighted by atomic mass is 10.1. The van der Waals surface area contributed by atoms with Crippen LogP contribution in [0.5, 0.6) is 0 Å². The fourth-order valence-electron chi connectivity index (χ4n) is 7.23. The molecule has 0 bridgehead atoms. The van der Waals surface area contributed by atoms with Gasteiger partial charge < -0.3 is 34.2 Å². The molecule has 0 amide bonds. The fourth-order valence-corrected chi connectivity index (χ4v) is 8.82. The maximum atomic E-state index is 12.9. The van der Waals surface area contributed by atoms with E-state index in [1.54, 1.807) is 0 Å². The summed E-state index contributed by atoms with van der Waals surface area (Å²) >= 11 is 0. The number of hydrogen-bond acceptors (Lipinski definition) is 14. The van der Waals surface area contributed by atoms with Crippen molar-refractivity contribution in [3.05, 3.63) is 170 Å². The van der Waals surface area contributed by atoms with Crippen LogP contribution < -0.4 is 0 Å². The third-order valence-electron chi connectivity index (χ3n) is 11.9. The molecule has 87 heavy (non-hydrogen) atoms. The smallest absolute Gasteiger partial charge is 0.463 e. The minimum absolute atomic E-state index is 0.0524. The number of aliphatic hydroxyl groups excluding tert-OH is 2. The molecule has 0 aromatic carbocycles.